The Balaban J connectivity index is 2.11. The lowest BCUT2D eigenvalue weighted by molar-refractivity contribution is 0.144. The van der Waals surface area contributed by atoms with Crippen LogP contribution in [0, 0.1) is 12.7 Å². The van der Waals surface area contributed by atoms with E-state index in [1.165, 1.54) is 0 Å². The molecule has 0 spiro atoms. The van der Waals surface area contributed by atoms with Crippen molar-refractivity contribution < 1.29 is 13.9 Å². The van der Waals surface area contributed by atoms with E-state index in [9.17, 15) is 0 Å². The fourth-order valence-corrected chi connectivity index (χ4v) is 4.09. The Hall–Kier alpha value is -2.11. The molecule has 3 rings (SSSR count). The molecular formula is C24H24Cl2FNO2. The molecule has 0 heterocycles. The highest BCUT2D eigenvalue weighted by Crippen LogP contribution is 2.41. The van der Waals surface area contributed by atoms with Crippen LogP contribution in [-0.2, 0) is 4.74 Å². The van der Waals surface area contributed by atoms with Crippen LogP contribution in [0.1, 0.15) is 22.6 Å². The van der Waals surface area contributed by atoms with Crippen LogP contribution >= 0.6 is 23.2 Å². The van der Waals surface area contributed by atoms with Crippen molar-refractivity contribution in [2.45, 2.75) is 12.8 Å². The van der Waals surface area contributed by atoms with Crippen molar-refractivity contribution in [1.29, 1.82) is 0 Å². The lowest BCUT2D eigenvalue weighted by Gasteiger charge is -2.20. The van der Waals surface area contributed by atoms with Crippen LogP contribution in [0.3, 0.4) is 0 Å². The molecule has 1 unspecified atom stereocenters. The first-order chi connectivity index (χ1) is 14.5. The number of rotatable bonds is 8. The summed E-state index contributed by atoms with van der Waals surface area (Å²) in [4.78, 5) is 0. The third-order valence-corrected chi connectivity index (χ3v) is 5.67. The molecule has 0 bridgehead atoms. The van der Waals surface area contributed by atoms with Gasteiger partial charge in [0.15, 0.2) is 11.6 Å². The predicted octanol–water partition coefficient (Wildman–Crippen LogP) is 6.22. The molecule has 2 N–H and O–H groups in total. The number of ether oxygens (including phenoxy) is 2. The van der Waals surface area contributed by atoms with Gasteiger partial charge in [0.25, 0.3) is 0 Å². The van der Waals surface area contributed by atoms with Crippen LogP contribution in [0.2, 0.25) is 10.0 Å². The minimum absolute atomic E-state index is 0.140. The fourth-order valence-electron chi connectivity index (χ4n) is 3.48. The fraction of sp³-hybridized carbons (Fsp3) is 0.250. The van der Waals surface area contributed by atoms with Gasteiger partial charge >= 0.3 is 0 Å². The quantitative estimate of drug-likeness (QED) is 0.416. The van der Waals surface area contributed by atoms with Gasteiger partial charge in [0.1, 0.15) is 6.61 Å². The van der Waals surface area contributed by atoms with E-state index in [0.29, 0.717) is 34.3 Å². The summed E-state index contributed by atoms with van der Waals surface area (Å²) in [5.74, 6) is -0.455. The summed E-state index contributed by atoms with van der Waals surface area (Å²) in [5, 5.41) is 0.859. The van der Waals surface area contributed by atoms with E-state index in [-0.39, 0.29) is 18.3 Å². The molecule has 30 heavy (non-hydrogen) atoms. The maximum atomic E-state index is 15.4. The molecule has 0 aliphatic heterocycles. The van der Waals surface area contributed by atoms with Crippen molar-refractivity contribution in [3.8, 4) is 16.9 Å². The van der Waals surface area contributed by atoms with Crippen molar-refractivity contribution in [3.63, 3.8) is 0 Å². The van der Waals surface area contributed by atoms with Gasteiger partial charge in [0, 0.05) is 35.7 Å². The Morgan fingerprint density at radius 2 is 1.73 bits per heavy atom. The van der Waals surface area contributed by atoms with E-state index in [1.54, 1.807) is 19.2 Å². The third kappa shape index (κ3) is 4.79. The first kappa shape index (κ1) is 22.6. The smallest absolute Gasteiger partial charge is 0.173 e. The summed E-state index contributed by atoms with van der Waals surface area (Å²) in [6, 6.07) is 16.7. The largest absolute Gasteiger partial charge is 0.488 e. The minimum atomic E-state index is -0.467. The molecule has 6 heteroatoms. The molecule has 0 fully saturated rings. The van der Waals surface area contributed by atoms with Crippen molar-refractivity contribution >= 4 is 23.2 Å². The summed E-state index contributed by atoms with van der Waals surface area (Å²) < 4.78 is 25.9. The maximum absolute atomic E-state index is 15.4. The molecule has 0 aliphatic rings. The molecule has 0 saturated carbocycles. The van der Waals surface area contributed by atoms with Crippen LogP contribution in [0.4, 0.5) is 4.39 Å². The van der Waals surface area contributed by atoms with Gasteiger partial charge in [-0.2, -0.15) is 0 Å². The zero-order valence-corrected chi connectivity index (χ0v) is 18.4. The minimum Gasteiger partial charge on any atom is -0.488 e. The average Bonchev–Trinajstić information content (AvgIpc) is 2.74. The number of hydrogen-bond donors (Lipinski definition) is 1. The molecule has 3 aromatic carbocycles. The first-order valence-electron chi connectivity index (χ1n) is 9.63. The second-order valence-corrected chi connectivity index (χ2v) is 7.78. The number of hydrogen-bond acceptors (Lipinski definition) is 3. The average molecular weight is 448 g/mol. The normalized spacial score (nSPS) is 12.1. The molecular weight excluding hydrogens is 424 g/mol. The van der Waals surface area contributed by atoms with Gasteiger partial charge in [-0.15, -0.1) is 0 Å². The monoisotopic (exact) mass is 447 g/mol. The highest BCUT2D eigenvalue weighted by molar-refractivity contribution is 6.37. The molecule has 3 nitrogen and oxygen atoms in total. The third-order valence-electron chi connectivity index (χ3n) is 5.03. The molecule has 3 aromatic rings. The predicted molar refractivity (Wildman–Crippen MR) is 121 cm³/mol. The zero-order chi connectivity index (χ0) is 21.7. The lowest BCUT2D eigenvalue weighted by atomic mass is 9.88. The van der Waals surface area contributed by atoms with Gasteiger partial charge in [-0.3, -0.25) is 0 Å². The highest BCUT2D eigenvalue weighted by Gasteiger charge is 2.22. The Kier molecular flexibility index (Phi) is 7.73. The van der Waals surface area contributed by atoms with Crippen molar-refractivity contribution in [3.05, 3.63) is 87.2 Å². The Morgan fingerprint density at radius 1 is 1.00 bits per heavy atom. The number of nitrogens with two attached hydrogens (primary N) is 1. The Bertz CT molecular complexity index is 1010. The van der Waals surface area contributed by atoms with Crippen molar-refractivity contribution in [1.82, 2.24) is 0 Å². The first-order valence-corrected chi connectivity index (χ1v) is 10.4. The summed E-state index contributed by atoms with van der Waals surface area (Å²) in [6.07, 6.45) is 0. The van der Waals surface area contributed by atoms with Crippen LogP contribution in [0.5, 0.6) is 5.75 Å². The number of aryl methyl sites for hydroxylation is 1. The highest BCUT2D eigenvalue weighted by atomic mass is 35.5. The SMILES string of the molecule is COCCOc1ccc(C)c(-c2cc(C(CN)c3ccccc3)c(Cl)cc2Cl)c1F. The van der Waals surface area contributed by atoms with Crippen molar-refractivity contribution in [2.24, 2.45) is 5.73 Å². The maximum Gasteiger partial charge on any atom is 0.173 e. The van der Waals surface area contributed by atoms with Gasteiger partial charge in [-0.05, 0) is 41.8 Å². The van der Waals surface area contributed by atoms with E-state index in [4.69, 9.17) is 38.4 Å². The van der Waals surface area contributed by atoms with Gasteiger partial charge in [0.2, 0.25) is 0 Å². The van der Waals surface area contributed by atoms with Crippen LogP contribution in [-0.4, -0.2) is 26.9 Å². The van der Waals surface area contributed by atoms with Crippen LogP contribution in [0.15, 0.2) is 54.6 Å². The zero-order valence-electron chi connectivity index (χ0n) is 16.9. The molecule has 0 aromatic heterocycles. The standard InChI is InChI=1S/C24H24Cl2FNO2/c1-15-8-9-22(30-11-10-29-2)24(27)23(15)18-12-17(20(25)13-21(18)26)19(14-28)16-6-4-3-5-7-16/h3-9,12-13,19H,10-11,14,28H2,1-2H3. The second kappa shape index (κ2) is 10.3. The van der Waals surface area contributed by atoms with Gasteiger partial charge in [0.05, 0.1) is 11.6 Å². The lowest BCUT2D eigenvalue weighted by Crippen LogP contribution is -2.14. The topological polar surface area (TPSA) is 44.5 Å². The molecule has 0 aliphatic carbocycles. The van der Waals surface area contributed by atoms with E-state index >= 15 is 4.39 Å². The number of benzene rings is 3. The molecule has 0 amide bonds. The number of halogens is 3. The van der Waals surface area contributed by atoms with E-state index < -0.39 is 5.82 Å². The van der Waals surface area contributed by atoms with Gasteiger partial charge in [-0.25, -0.2) is 4.39 Å². The van der Waals surface area contributed by atoms with Crippen LogP contribution in [0.25, 0.3) is 11.1 Å². The Morgan fingerprint density at radius 3 is 2.40 bits per heavy atom. The van der Waals surface area contributed by atoms with Crippen molar-refractivity contribution in [2.75, 3.05) is 26.9 Å². The molecule has 0 radical (unpaired) electrons. The van der Waals surface area contributed by atoms with Gasteiger partial charge < -0.3 is 15.2 Å². The Labute approximate surface area is 186 Å². The molecule has 1 atom stereocenters. The molecule has 158 valence electrons. The number of methoxy groups -OCH3 is 1. The summed E-state index contributed by atoms with van der Waals surface area (Å²) in [6.45, 7) is 2.80. The van der Waals surface area contributed by atoms with Gasteiger partial charge in [-0.1, -0.05) is 59.6 Å². The van der Waals surface area contributed by atoms with Crippen LogP contribution < -0.4 is 10.5 Å². The molecule has 0 saturated heterocycles. The summed E-state index contributed by atoms with van der Waals surface area (Å²) in [5.41, 5.74) is 9.60. The van der Waals surface area contributed by atoms with E-state index in [2.05, 4.69) is 0 Å². The van der Waals surface area contributed by atoms with E-state index in [1.807, 2.05) is 49.4 Å². The summed E-state index contributed by atoms with van der Waals surface area (Å²) >= 11 is 13.0. The second-order valence-electron chi connectivity index (χ2n) is 6.96. The van der Waals surface area contributed by atoms with E-state index in [0.717, 1.165) is 16.7 Å². The summed E-state index contributed by atoms with van der Waals surface area (Å²) in [7, 11) is 1.57.